The Morgan fingerprint density at radius 3 is 2.48 bits per heavy atom. The van der Waals surface area contributed by atoms with Crippen molar-refractivity contribution in [2.45, 2.75) is 58.4 Å². The number of aryl methyl sites for hydroxylation is 1. The average molecular weight is 313 g/mol. The van der Waals surface area contributed by atoms with Crippen molar-refractivity contribution in [1.29, 1.82) is 0 Å². The fraction of sp³-hybridized carbons (Fsp3) is 0.786. The van der Waals surface area contributed by atoms with Crippen LogP contribution in [0.2, 0.25) is 18.1 Å². The minimum Gasteiger partial charge on any atom is -0.464 e. The Kier molecular flexibility index (Phi) is 5.69. The lowest BCUT2D eigenvalue weighted by atomic mass is 10.2. The highest BCUT2D eigenvalue weighted by Crippen LogP contribution is 2.37. The van der Waals surface area contributed by atoms with E-state index in [0.717, 1.165) is 5.69 Å². The highest BCUT2D eigenvalue weighted by atomic mass is 28.4. The zero-order valence-electron chi connectivity index (χ0n) is 14.1. The van der Waals surface area contributed by atoms with E-state index < -0.39 is 14.4 Å². The number of hydrogen-bond donors (Lipinski definition) is 0. The second-order valence-electron chi connectivity index (χ2n) is 6.71. The minimum absolute atomic E-state index is 0.0279. The van der Waals surface area contributed by atoms with Gasteiger partial charge in [0.15, 0.2) is 8.32 Å². The zero-order valence-corrected chi connectivity index (χ0v) is 15.1. The molecule has 1 aromatic rings. The molecule has 1 heterocycles. The molecule has 0 saturated heterocycles. The molecule has 1 unspecified atom stereocenters. The summed E-state index contributed by atoms with van der Waals surface area (Å²) in [4.78, 5) is 12.2. The Labute approximate surface area is 127 Å². The average Bonchev–Trinajstić information content (AvgIpc) is 2.72. The zero-order chi connectivity index (χ0) is 16.3. The van der Waals surface area contributed by atoms with Gasteiger partial charge in [-0.15, -0.1) is 5.10 Å². The van der Waals surface area contributed by atoms with E-state index in [1.165, 1.54) is 0 Å². The summed E-state index contributed by atoms with van der Waals surface area (Å²) in [6.07, 6.45) is 1.56. The molecule has 0 fully saturated rings. The summed E-state index contributed by atoms with van der Waals surface area (Å²) in [7, 11) is -0.266. The predicted molar refractivity (Wildman–Crippen MR) is 83.4 cm³/mol. The summed E-state index contributed by atoms with van der Waals surface area (Å²) in [6, 6.07) is 0. The number of esters is 1. The van der Waals surface area contributed by atoms with Crippen LogP contribution in [0.4, 0.5) is 0 Å². The van der Waals surface area contributed by atoms with Crippen LogP contribution in [-0.2, 0) is 27.4 Å². The number of carbonyl (C=O) groups is 1. The number of carbonyl (C=O) groups excluding carboxylic acids is 1. The Bertz CT molecular complexity index is 480. The maximum absolute atomic E-state index is 12.2. The summed E-state index contributed by atoms with van der Waals surface area (Å²) in [5.41, 5.74) is 0.731. The molecule has 1 aromatic heterocycles. The van der Waals surface area contributed by atoms with E-state index in [1.54, 1.807) is 24.9 Å². The van der Waals surface area contributed by atoms with Crippen LogP contribution in [0.5, 0.6) is 0 Å². The van der Waals surface area contributed by atoms with Crippen molar-refractivity contribution in [2.24, 2.45) is 7.05 Å². The van der Waals surface area contributed by atoms with Crippen molar-refractivity contribution in [3.05, 3.63) is 11.9 Å². The first kappa shape index (κ1) is 17.8. The molecular formula is C14H27N3O3Si. The van der Waals surface area contributed by atoms with E-state index >= 15 is 0 Å². The summed E-state index contributed by atoms with van der Waals surface area (Å²) < 4.78 is 13.0. The van der Waals surface area contributed by atoms with Gasteiger partial charge in [0.05, 0.1) is 12.3 Å². The van der Waals surface area contributed by atoms with E-state index in [-0.39, 0.29) is 11.0 Å². The van der Waals surface area contributed by atoms with Crippen molar-refractivity contribution >= 4 is 14.3 Å². The first-order valence-corrected chi connectivity index (χ1v) is 10.2. The molecule has 0 aliphatic carbocycles. The first-order chi connectivity index (χ1) is 9.56. The Morgan fingerprint density at radius 1 is 1.43 bits per heavy atom. The largest absolute Gasteiger partial charge is 0.464 e. The molecule has 0 spiro atoms. The second-order valence-corrected chi connectivity index (χ2v) is 11.5. The Hall–Kier alpha value is -1.21. The monoisotopic (exact) mass is 313 g/mol. The van der Waals surface area contributed by atoms with Gasteiger partial charge in [-0.25, -0.2) is 4.79 Å². The highest BCUT2D eigenvalue weighted by Gasteiger charge is 2.41. The van der Waals surface area contributed by atoms with Crippen LogP contribution < -0.4 is 0 Å². The molecule has 1 atom stereocenters. The Morgan fingerprint density at radius 2 is 2.05 bits per heavy atom. The topological polar surface area (TPSA) is 66.2 Å². The highest BCUT2D eigenvalue weighted by molar-refractivity contribution is 6.74. The molecule has 21 heavy (non-hydrogen) atoms. The third kappa shape index (κ3) is 4.92. The molecule has 0 bridgehead atoms. The van der Waals surface area contributed by atoms with Gasteiger partial charge in [-0.05, 0) is 25.1 Å². The summed E-state index contributed by atoms with van der Waals surface area (Å²) in [5.74, 6) is -0.326. The van der Waals surface area contributed by atoms with Crippen LogP contribution in [0.25, 0.3) is 0 Å². The van der Waals surface area contributed by atoms with Gasteiger partial charge < -0.3 is 9.16 Å². The molecular weight excluding hydrogens is 286 g/mol. The molecule has 0 saturated carbocycles. The van der Waals surface area contributed by atoms with Crippen LogP contribution in [0.1, 0.15) is 33.4 Å². The van der Waals surface area contributed by atoms with Gasteiger partial charge in [0.25, 0.3) is 0 Å². The van der Waals surface area contributed by atoms with Crippen LogP contribution in [0.15, 0.2) is 6.20 Å². The molecule has 6 nitrogen and oxygen atoms in total. The summed E-state index contributed by atoms with van der Waals surface area (Å²) in [6.45, 7) is 12.8. The fourth-order valence-electron chi connectivity index (χ4n) is 1.62. The van der Waals surface area contributed by atoms with Crippen molar-refractivity contribution in [3.63, 3.8) is 0 Å². The minimum atomic E-state index is -2.06. The molecule has 0 radical (unpaired) electrons. The number of aromatic nitrogens is 3. The normalized spacial score (nSPS) is 14.0. The van der Waals surface area contributed by atoms with Crippen LogP contribution >= 0.6 is 0 Å². The molecule has 120 valence electrons. The molecule has 1 rings (SSSR count). The first-order valence-electron chi connectivity index (χ1n) is 7.26. The van der Waals surface area contributed by atoms with Crippen molar-refractivity contribution < 1.29 is 14.0 Å². The standard InChI is InChI=1S/C14H27N3O3Si/c1-8-19-13(18)12(9-11-10-17(5)16-15-11)20-21(6,7)14(2,3)4/h10,12H,8-9H2,1-7H3. The van der Waals surface area contributed by atoms with Crippen molar-refractivity contribution in [1.82, 2.24) is 15.0 Å². The lowest BCUT2D eigenvalue weighted by Crippen LogP contribution is -2.47. The maximum atomic E-state index is 12.2. The lowest BCUT2D eigenvalue weighted by Gasteiger charge is -2.38. The molecule has 0 aliphatic rings. The van der Waals surface area contributed by atoms with E-state index in [4.69, 9.17) is 9.16 Å². The quantitative estimate of drug-likeness (QED) is 0.595. The molecule has 0 aromatic carbocycles. The SMILES string of the molecule is CCOC(=O)C(Cc1cn(C)nn1)O[Si](C)(C)C(C)(C)C. The number of rotatable bonds is 6. The van der Waals surface area contributed by atoms with Gasteiger partial charge >= 0.3 is 5.97 Å². The number of nitrogens with zero attached hydrogens (tertiary/aromatic N) is 3. The second kappa shape index (κ2) is 6.70. The molecule has 0 aliphatic heterocycles. The smallest absolute Gasteiger partial charge is 0.334 e. The van der Waals surface area contributed by atoms with Crippen molar-refractivity contribution in [3.8, 4) is 0 Å². The van der Waals surface area contributed by atoms with Gasteiger partial charge in [-0.2, -0.15) is 0 Å². The van der Waals surface area contributed by atoms with Gasteiger partial charge in [-0.3, -0.25) is 4.68 Å². The van der Waals surface area contributed by atoms with Gasteiger partial charge in [0.1, 0.15) is 6.10 Å². The number of hydrogen-bond acceptors (Lipinski definition) is 5. The van der Waals surface area contributed by atoms with E-state index in [1.807, 2.05) is 0 Å². The summed E-state index contributed by atoms with van der Waals surface area (Å²) >= 11 is 0. The predicted octanol–water partition coefficient (Wildman–Crippen LogP) is 2.31. The fourth-order valence-corrected chi connectivity index (χ4v) is 2.86. The van der Waals surface area contributed by atoms with Crippen LogP contribution in [0.3, 0.4) is 0 Å². The lowest BCUT2D eigenvalue weighted by molar-refractivity contribution is -0.152. The van der Waals surface area contributed by atoms with E-state index in [2.05, 4.69) is 44.2 Å². The van der Waals surface area contributed by atoms with Crippen molar-refractivity contribution in [2.75, 3.05) is 6.61 Å². The van der Waals surface area contributed by atoms with Crippen LogP contribution in [0, 0.1) is 0 Å². The number of ether oxygens (including phenoxy) is 1. The van der Waals surface area contributed by atoms with Crippen LogP contribution in [-0.4, -0.2) is 42.0 Å². The third-order valence-electron chi connectivity index (χ3n) is 3.84. The molecule has 7 heteroatoms. The van der Waals surface area contributed by atoms with E-state index in [0.29, 0.717) is 13.0 Å². The summed E-state index contributed by atoms with van der Waals surface area (Å²) in [5, 5.41) is 7.95. The Balaban J connectivity index is 2.90. The maximum Gasteiger partial charge on any atom is 0.334 e. The third-order valence-corrected chi connectivity index (χ3v) is 8.32. The molecule has 0 amide bonds. The molecule has 0 N–H and O–H groups in total. The van der Waals surface area contributed by atoms with Gasteiger partial charge in [0, 0.05) is 19.7 Å². The van der Waals surface area contributed by atoms with Gasteiger partial charge in [-0.1, -0.05) is 26.0 Å². The van der Waals surface area contributed by atoms with Gasteiger partial charge in [0.2, 0.25) is 0 Å². The van der Waals surface area contributed by atoms with E-state index in [9.17, 15) is 4.79 Å².